The maximum atomic E-state index is 9.58. The van der Waals surface area contributed by atoms with Gasteiger partial charge in [0.15, 0.2) is 11.5 Å². The van der Waals surface area contributed by atoms with Gasteiger partial charge in [-0.3, -0.25) is 0 Å². The summed E-state index contributed by atoms with van der Waals surface area (Å²) >= 11 is 0. The van der Waals surface area contributed by atoms with Crippen molar-refractivity contribution in [1.29, 1.82) is 0 Å². The van der Waals surface area contributed by atoms with E-state index in [4.69, 9.17) is 14.2 Å². The van der Waals surface area contributed by atoms with Gasteiger partial charge in [0.25, 0.3) is 0 Å². The molecule has 6 heteroatoms. The Kier molecular flexibility index (Phi) is 3.47. The van der Waals surface area contributed by atoms with Crippen molar-refractivity contribution < 1.29 is 19.3 Å². The quantitative estimate of drug-likeness (QED) is 0.891. The molecule has 1 aromatic heterocycles. The Morgan fingerprint density at radius 3 is 2.17 bits per heavy atom. The lowest BCUT2D eigenvalue weighted by molar-refractivity contribution is 0.341. The molecule has 0 unspecified atom stereocenters. The molecule has 0 saturated heterocycles. The predicted molar refractivity (Wildman–Crippen MR) is 63.3 cm³/mol. The van der Waals surface area contributed by atoms with Crippen molar-refractivity contribution in [2.45, 2.75) is 0 Å². The van der Waals surface area contributed by atoms with Crippen molar-refractivity contribution in [3.63, 3.8) is 0 Å². The van der Waals surface area contributed by atoms with Crippen molar-refractivity contribution >= 4 is 0 Å². The highest BCUT2D eigenvalue weighted by atomic mass is 16.5. The fourth-order valence-corrected chi connectivity index (χ4v) is 1.28. The van der Waals surface area contributed by atoms with E-state index < -0.39 is 0 Å². The van der Waals surface area contributed by atoms with Gasteiger partial charge < -0.3 is 19.3 Å². The molecule has 2 aromatic rings. The number of ether oxygens (including phenoxy) is 3. The van der Waals surface area contributed by atoms with Gasteiger partial charge in [-0.05, 0) is 12.1 Å². The first-order valence-corrected chi connectivity index (χ1v) is 5.16. The Bertz CT molecular complexity index is 523. The zero-order chi connectivity index (χ0) is 13.0. The van der Waals surface area contributed by atoms with Crippen LogP contribution in [0.25, 0.3) is 0 Å². The summed E-state index contributed by atoms with van der Waals surface area (Å²) in [4.78, 5) is 7.98. The number of aromatic hydroxyl groups is 1. The van der Waals surface area contributed by atoms with Crippen molar-refractivity contribution in [3.8, 4) is 29.3 Å². The maximum Gasteiger partial charge on any atom is 0.328 e. The Morgan fingerprint density at radius 1 is 1.00 bits per heavy atom. The van der Waals surface area contributed by atoms with Gasteiger partial charge in [-0.2, -0.15) is 9.97 Å². The van der Waals surface area contributed by atoms with Crippen molar-refractivity contribution in [1.82, 2.24) is 9.97 Å². The molecule has 94 valence electrons. The number of aromatic nitrogens is 2. The van der Waals surface area contributed by atoms with E-state index in [1.54, 1.807) is 18.2 Å². The van der Waals surface area contributed by atoms with Gasteiger partial charge in [-0.15, -0.1) is 0 Å². The summed E-state index contributed by atoms with van der Waals surface area (Å²) in [6.07, 6.45) is 0. The summed E-state index contributed by atoms with van der Waals surface area (Å²) in [5.74, 6) is 0.884. The van der Waals surface area contributed by atoms with Crippen LogP contribution in [-0.2, 0) is 0 Å². The number of benzene rings is 1. The number of hydrogen-bond acceptors (Lipinski definition) is 6. The third-order valence-corrected chi connectivity index (χ3v) is 2.14. The van der Waals surface area contributed by atoms with Gasteiger partial charge in [-0.25, -0.2) is 0 Å². The first kappa shape index (κ1) is 12.0. The molecule has 0 atom stereocenters. The van der Waals surface area contributed by atoms with E-state index in [0.717, 1.165) is 0 Å². The number of hydrogen-bond donors (Lipinski definition) is 1. The number of nitrogens with zero attached hydrogens (tertiary/aromatic N) is 2. The molecule has 0 aliphatic heterocycles. The molecule has 0 fully saturated rings. The lowest BCUT2D eigenvalue weighted by Gasteiger charge is -2.08. The Morgan fingerprint density at radius 2 is 1.61 bits per heavy atom. The van der Waals surface area contributed by atoms with Gasteiger partial charge in [0.05, 0.1) is 20.3 Å². The summed E-state index contributed by atoms with van der Waals surface area (Å²) in [5, 5.41) is 9.58. The second-order valence-electron chi connectivity index (χ2n) is 3.31. The highest BCUT2D eigenvalue weighted by Crippen LogP contribution is 2.29. The third kappa shape index (κ3) is 2.60. The van der Waals surface area contributed by atoms with Gasteiger partial charge in [-0.1, -0.05) is 12.1 Å². The summed E-state index contributed by atoms with van der Waals surface area (Å²) in [6, 6.07) is 8.09. The molecule has 2 rings (SSSR count). The maximum absolute atomic E-state index is 9.58. The largest absolute Gasteiger partial charge is 0.504 e. The summed E-state index contributed by atoms with van der Waals surface area (Å²) in [5.41, 5.74) is 0. The topological polar surface area (TPSA) is 73.7 Å². The monoisotopic (exact) mass is 248 g/mol. The van der Waals surface area contributed by atoms with Crippen LogP contribution in [0.1, 0.15) is 0 Å². The fraction of sp³-hybridized carbons (Fsp3) is 0.167. The molecule has 0 bridgehead atoms. The lowest BCUT2D eigenvalue weighted by Crippen LogP contribution is -1.97. The van der Waals surface area contributed by atoms with Crippen LogP contribution in [-0.4, -0.2) is 29.3 Å². The lowest BCUT2D eigenvalue weighted by atomic mass is 10.3. The summed E-state index contributed by atoms with van der Waals surface area (Å²) in [6.45, 7) is 0. The minimum Gasteiger partial charge on any atom is -0.504 e. The molecular formula is C12H12N2O4. The van der Waals surface area contributed by atoms with Gasteiger partial charge in [0.2, 0.25) is 11.8 Å². The van der Waals surface area contributed by atoms with Crippen molar-refractivity contribution in [2.24, 2.45) is 0 Å². The number of methoxy groups -OCH3 is 2. The Labute approximate surface area is 104 Å². The average molecular weight is 248 g/mol. The van der Waals surface area contributed by atoms with Gasteiger partial charge in [0.1, 0.15) is 0 Å². The minimum absolute atomic E-state index is 0.00267. The molecule has 0 aliphatic rings. The van der Waals surface area contributed by atoms with Gasteiger partial charge >= 0.3 is 6.01 Å². The molecule has 6 nitrogen and oxygen atoms in total. The second kappa shape index (κ2) is 5.22. The van der Waals surface area contributed by atoms with Crippen molar-refractivity contribution in [2.75, 3.05) is 14.2 Å². The van der Waals surface area contributed by atoms with E-state index in [1.165, 1.54) is 26.4 Å². The molecule has 0 aliphatic carbocycles. The number of phenols is 1. The zero-order valence-corrected chi connectivity index (χ0v) is 9.95. The molecular weight excluding hydrogens is 236 g/mol. The SMILES string of the molecule is COc1cc(OC)nc(Oc2ccccc2O)n1. The zero-order valence-electron chi connectivity index (χ0n) is 9.95. The smallest absolute Gasteiger partial charge is 0.328 e. The highest BCUT2D eigenvalue weighted by molar-refractivity contribution is 5.40. The molecule has 1 aromatic carbocycles. The van der Waals surface area contributed by atoms with Crippen LogP contribution in [0.5, 0.6) is 29.3 Å². The minimum atomic E-state index is 0.00267. The number of rotatable bonds is 4. The first-order valence-electron chi connectivity index (χ1n) is 5.16. The average Bonchev–Trinajstić information content (AvgIpc) is 2.41. The first-order chi connectivity index (χ1) is 8.72. The molecule has 18 heavy (non-hydrogen) atoms. The van der Waals surface area contributed by atoms with E-state index in [2.05, 4.69) is 9.97 Å². The van der Waals surface area contributed by atoms with Crippen molar-refractivity contribution in [3.05, 3.63) is 30.3 Å². The van der Waals surface area contributed by atoms with Gasteiger partial charge in [0, 0.05) is 0 Å². The molecule has 0 amide bonds. The van der Waals surface area contributed by atoms with E-state index in [-0.39, 0.29) is 17.5 Å². The Balaban J connectivity index is 2.31. The van der Waals surface area contributed by atoms with Crippen LogP contribution < -0.4 is 14.2 Å². The van der Waals surface area contributed by atoms with E-state index in [0.29, 0.717) is 11.8 Å². The van der Waals surface area contributed by atoms with Crippen LogP contribution in [0, 0.1) is 0 Å². The second-order valence-corrected chi connectivity index (χ2v) is 3.31. The highest BCUT2D eigenvalue weighted by Gasteiger charge is 2.09. The number of para-hydroxylation sites is 2. The third-order valence-electron chi connectivity index (χ3n) is 2.14. The summed E-state index contributed by atoms with van der Waals surface area (Å²) in [7, 11) is 2.96. The number of phenolic OH excluding ortho intramolecular Hbond substituents is 1. The van der Waals surface area contributed by atoms with E-state index in [9.17, 15) is 5.11 Å². The predicted octanol–water partition coefficient (Wildman–Crippen LogP) is 1.99. The van der Waals surface area contributed by atoms with Crippen LogP contribution >= 0.6 is 0 Å². The van der Waals surface area contributed by atoms with Crippen LogP contribution in [0.3, 0.4) is 0 Å². The van der Waals surface area contributed by atoms with E-state index >= 15 is 0 Å². The molecule has 0 saturated carbocycles. The van der Waals surface area contributed by atoms with Crippen LogP contribution in [0.2, 0.25) is 0 Å². The molecule has 1 N–H and O–H groups in total. The molecule has 0 radical (unpaired) electrons. The fourth-order valence-electron chi connectivity index (χ4n) is 1.28. The van der Waals surface area contributed by atoms with E-state index in [1.807, 2.05) is 0 Å². The molecule has 0 spiro atoms. The normalized spacial score (nSPS) is 9.89. The Hall–Kier alpha value is -2.50. The molecule has 1 heterocycles. The van der Waals surface area contributed by atoms with Crippen LogP contribution in [0.4, 0.5) is 0 Å². The van der Waals surface area contributed by atoms with Crippen LogP contribution in [0.15, 0.2) is 30.3 Å². The summed E-state index contributed by atoms with van der Waals surface area (Å²) < 4.78 is 15.3. The standard InChI is InChI=1S/C12H12N2O4/c1-16-10-7-11(17-2)14-12(13-10)18-9-6-4-3-5-8(9)15/h3-7,15H,1-2H3.